The molecule has 0 saturated carbocycles. The highest BCUT2D eigenvalue weighted by molar-refractivity contribution is 7.36. The molecule has 0 aromatic heterocycles. The number of amides is 2. The molecule has 15 heavy (non-hydrogen) atoms. The van der Waals surface area contributed by atoms with Crippen molar-refractivity contribution >= 4 is 26.3 Å². The van der Waals surface area contributed by atoms with Gasteiger partial charge in [-0.2, -0.15) is 0 Å². The summed E-state index contributed by atoms with van der Waals surface area (Å²) in [6.07, 6.45) is 4.92. The van der Waals surface area contributed by atoms with Crippen LogP contribution in [0, 0.1) is 5.92 Å². The van der Waals surface area contributed by atoms with E-state index in [1.165, 1.54) is 0 Å². The maximum Gasteiger partial charge on any atom is 0.246 e. The Hall–Kier alpha value is -0.890. The molecule has 1 atom stereocenters. The van der Waals surface area contributed by atoms with Crippen molar-refractivity contribution in [3.05, 3.63) is 0 Å². The van der Waals surface area contributed by atoms with Crippen LogP contribution in [0.3, 0.4) is 0 Å². The summed E-state index contributed by atoms with van der Waals surface area (Å²) >= 11 is 0. The summed E-state index contributed by atoms with van der Waals surface area (Å²) in [5.74, 6) is 0.361. The fourth-order valence-corrected chi connectivity index (χ4v) is 2.13. The van der Waals surface area contributed by atoms with Gasteiger partial charge >= 0.3 is 0 Å². The number of carbonyl (C=O) groups excluding carboxylic acids is 2. The largest absolute Gasteiger partial charge is 0.343 e. The first-order valence-electron chi connectivity index (χ1n) is 5.05. The van der Waals surface area contributed by atoms with Gasteiger partial charge in [-0.15, -0.1) is 0 Å². The Bertz CT molecular complexity index is 279. The van der Waals surface area contributed by atoms with Crippen LogP contribution in [0.2, 0.25) is 0 Å². The second kappa shape index (κ2) is 5.26. The van der Waals surface area contributed by atoms with Crippen LogP contribution in [0.5, 0.6) is 0 Å². The zero-order valence-corrected chi connectivity index (χ0v) is 10.1. The van der Waals surface area contributed by atoms with E-state index in [1.54, 1.807) is 4.90 Å². The lowest BCUT2D eigenvalue weighted by Gasteiger charge is -2.32. The van der Waals surface area contributed by atoms with Gasteiger partial charge in [0.05, 0.1) is 6.29 Å². The molecule has 0 aromatic rings. The Morgan fingerprint density at radius 3 is 2.80 bits per heavy atom. The van der Waals surface area contributed by atoms with Crippen molar-refractivity contribution in [1.29, 1.82) is 0 Å². The van der Waals surface area contributed by atoms with Crippen LogP contribution >= 0.6 is 8.20 Å². The lowest BCUT2D eigenvalue weighted by atomic mass is 10.0. The third-order valence-electron chi connectivity index (χ3n) is 2.26. The molecule has 1 N–H and O–H groups in total. The Labute approximate surface area is 91.8 Å². The van der Waals surface area contributed by atoms with Gasteiger partial charge in [0, 0.05) is 0 Å². The van der Waals surface area contributed by atoms with Gasteiger partial charge in [0.25, 0.3) is 0 Å². The summed E-state index contributed by atoms with van der Waals surface area (Å²) in [7, 11) is 0.867. The van der Waals surface area contributed by atoms with Gasteiger partial charge < -0.3 is 10.2 Å². The molecule has 0 radical (unpaired) electrons. The van der Waals surface area contributed by atoms with Gasteiger partial charge in [0.15, 0.2) is 0 Å². The van der Waals surface area contributed by atoms with E-state index in [1.807, 2.05) is 13.8 Å². The normalized spacial score (nSPS) is 22.3. The first-order valence-corrected chi connectivity index (χ1v) is 6.31. The molecule has 0 aliphatic carbocycles. The quantitative estimate of drug-likeness (QED) is 0.720. The topological polar surface area (TPSA) is 49.4 Å². The smallest absolute Gasteiger partial charge is 0.246 e. The molecule has 1 rings (SSSR count). The van der Waals surface area contributed by atoms with Crippen molar-refractivity contribution in [2.75, 3.05) is 12.8 Å². The van der Waals surface area contributed by atoms with Crippen LogP contribution in [0.1, 0.15) is 20.3 Å². The van der Waals surface area contributed by atoms with Gasteiger partial charge in [-0.1, -0.05) is 28.4 Å². The first kappa shape index (κ1) is 12.2. The predicted molar refractivity (Wildman–Crippen MR) is 62.0 cm³/mol. The number of hydrogen-bond donors (Lipinski definition) is 1. The molecular formula is C10H17N2O2P. The Kier molecular flexibility index (Phi) is 4.28. The molecule has 1 aliphatic rings. The zero-order chi connectivity index (χ0) is 11.4. The average Bonchev–Trinajstić information content (AvgIpc) is 2.12. The summed E-state index contributed by atoms with van der Waals surface area (Å²) in [6, 6.07) is -0.340. The highest BCUT2D eigenvalue weighted by Gasteiger charge is 2.32. The summed E-state index contributed by atoms with van der Waals surface area (Å²) in [5, 5.41) is 2.73. The zero-order valence-electron chi connectivity index (χ0n) is 9.19. The minimum atomic E-state index is -0.340. The SMILES string of the molecule is C=PCN1CC(=O)N[C@H](CC(C)C)C1=O. The molecule has 0 spiro atoms. The lowest BCUT2D eigenvalue weighted by molar-refractivity contribution is -0.143. The van der Waals surface area contributed by atoms with E-state index in [-0.39, 0.29) is 24.4 Å². The van der Waals surface area contributed by atoms with E-state index < -0.39 is 0 Å². The third-order valence-corrected chi connectivity index (χ3v) is 2.80. The van der Waals surface area contributed by atoms with Crippen LogP contribution < -0.4 is 5.32 Å². The summed E-state index contributed by atoms with van der Waals surface area (Å²) < 4.78 is 0. The fourth-order valence-electron chi connectivity index (χ4n) is 1.64. The van der Waals surface area contributed by atoms with E-state index in [0.29, 0.717) is 18.6 Å². The van der Waals surface area contributed by atoms with Gasteiger partial charge in [0.2, 0.25) is 11.8 Å². The summed E-state index contributed by atoms with van der Waals surface area (Å²) in [6.45, 7) is 4.26. The van der Waals surface area contributed by atoms with Crippen molar-refractivity contribution in [1.82, 2.24) is 10.2 Å². The van der Waals surface area contributed by atoms with Crippen LogP contribution in [0.4, 0.5) is 0 Å². The maximum atomic E-state index is 11.9. The molecule has 1 fully saturated rings. The van der Waals surface area contributed by atoms with E-state index in [9.17, 15) is 9.59 Å². The standard InChI is InChI=1S/C10H17N2O2P/c1-7(2)4-8-10(14)12(6-15-3)5-9(13)11-8/h7-8H,3-6H2,1-2H3,(H,11,13)/t8-/m1/s1. The highest BCUT2D eigenvalue weighted by Crippen LogP contribution is 2.13. The Balaban J connectivity index is 2.67. The van der Waals surface area contributed by atoms with Gasteiger partial charge in [-0.05, 0) is 12.3 Å². The van der Waals surface area contributed by atoms with Crippen molar-refractivity contribution in [3.63, 3.8) is 0 Å². The minimum absolute atomic E-state index is 0.0273. The molecule has 2 amide bonds. The highest BCUT2D eigenvalue weighted by atomic mass is 31.1. The predicted octanol–water partition coefficient (Wildman–Crippen LogP) is 0.695. The van der Waals surface area contributed by atoms with Crippen molar-refractivity contribution in [3.8, 4) is 0 Å². The van der Waals surface area contributed by atoms with Crippen molar-refractivity contribution in [2.45, 2.75) is 26.3 Å². The lowest BCUT2D eigenvalue weighted by Crippen LogP contribution is -2.57. The van der Waals surface area contributed by atoms with Crippen LogP contribution in [0.25, 0.3) is 0 Å². The second-order valence-electron chi connectivity index (χ2n) is 4.15. The van der Waals surface area contributed by atoms with Gasteiger partial charge in [0.1, 0.15) is 12.6 Å². The first-order chi connectivity index (χ1) is 7.04. The number of carbonyl (C=O) groups is 2. The van der Waals surface area contributed by atoms with E-state index in [4.69, 9.17) is 0 Å². The molecule has 4 nitrogen and oxygen atoms in total. The van der Waals surface area contributed by atoms with Crippen molar-refractivity contribution < 1.29 is 9.59 Å². The van der Waals surface area contributed by atoms with Crippen molar-refractivity contribution in [2.24, 2.45) is 5.92 Å². The number of hydrogen-bond acceptors (Lipinski definition) is 2. The molecule has 1 aliphatic heterocycles. The maximum absolute atomic E-state index is 11.9. The molecule has 0 bridgehead atoms. The number of nitrogens with one attached hydrogen (secondary N) is 1. The number of rotatable bonds is 4. The third kappa shape index (κ3) is 3.31. The fraction of sp³-hybridized carbons (Fsp3) is 0.700. The molecule has 5 heteroatoms. The van der Waals surface area contributed by atoms with E-state index >= 15 is 0 Å². The van der Waals surface area contributed by atoms with Gasteiger partial charge in [-0.3, -0.25) is 9.59 Å². The minimum Gasteiger partial charge on any atom is -0.343 e. The van der Waals surface area contributed by atoms with Crippen LogP contribution in [0.15, 0.2) is 0 Å². The van der Waals surface area contributed by atoms with Crippen LogP contribution in [-0.4, -0.2) is 41.9 Å². The molecule has 1 heterocycles. The average molecular weight is 228 g/mol. The summed E-state index contributed by atoms with van der Waals surface area (Å²) in [5.41, 5.74) is 0. The van der Waals surface area contributed by atoms with E-state index in [2.05, 4.69) is 11.6 Å². The number of piperazine rings is 1. The monoisotopic (exact) mass is 228 g/mol. The van der Waals surface area contributed by atoms with Crippen LogP contribution in [-0.2, 0) is 9.59 Å². The molecule has 0 aromatic carbocycles. The molecule has 1 saturated heterocycles. The second-order valence-corrected chi connectivity index (χ2v) is 4.88. The molecular weight excluding hydrogens is 211 g/mol. The number of nitrogens with zero attached hydrogens (tertiary/aromatic N) is 1. The van der Waals surface area contributed by atoms with E-state index in [0.717, 1.165) is 8.20 Å². The molecule has 0 unspecified atom stereocenters. The Morgan fingerprint density at radius 2 is 2.27 bits per heavy atom. The van der Waals surface area contributed by atoms with Gasteiger partial charge in [-0.25, -0.2) is 0 Å². The molecule has 84 valence electrons. The Morgan fingerprint density at radius 1 is 1.60 bits per heavy atom. The summed E-state index contributed by atoms with van der Waals surface area (Å²) in [4.78, 5) is 24.8.